The number of halogens is 1. The van der Waals surface area contributed by atoms with Crippen molar-refractivity contribution in [1.82, 2.24) is 14.5 Å². The number of nitrogens with two attached hydrogens (primary N) is 1. The third-order valence-electron chi connectivity index (χ3n) is 3.36. The summed E-state index contributed by atoms with van der Waals surface area (Å²) in [5.41, 5.74) is 6.87. The van der Waals surface area contributed by atoms with Gasteiger partial charge in [0.1, 0.15) is 0 Å². The molecule has 2 N–H and O–H groups in total. The molecule has 0 fully saturated rings. The van der Waals surface area contributed by atoms with E-state index in [0.717, 1.165) is 21.8 Å². The number of nitrogens with zero attached hydrogens (tertiary/aromatic N) is 4. The maximum atomic E-state index is 13.3. The summed E-state index contributed by atoms with van der Waals surface area (Å²) in [5, 5.41) is 9.97. The van der Waals surface area contributed by atoms with Crippen molar-refractivity contribution in [3.63, 3.8) is 0 Å². The Labute approximate surface area is 139 Å². The Balaban J connectivity index is 1.98. The molecule has 3 aromatic rings. The number of nitriles is 1. The first-order valence-electron chi connectivity index (χ1n) is 7.14. The molecule has 0 saturated carbocycles. The van der Waals surface area contributed by atoms with Crippen LogP contribution in [0.4, 0.5) is 4.39 Å². The summed E-state index contributed by atoms with van der Waals surface area (Å²) in [6.45, 7) is 1.29. The second-order valence-corrected chi connectivity index (χ2v) is 7.38. The van der Waals surface area contributed by atoms with Gasteiger partial charge < -0.3 is 0 Å². The number of hydrogen-bond donors (Lipinski definition) is 1. The van der Waals surface area contributed by atoms with Gasteiger partial charge >= 0.3 is 139 Å². The Morgan fingerprint density at radius 1 is 1.39 bits per heavy atom. The van der Waals surface area contributed by atoms with E-state index in [1.807, 2.05) is 10.6 Å². The van der Waals surface area contributed by atoms with Crippen LogP contribution >= 0.6 is 0 Å². The van der Waals surface area contributed by atoms with E-state index >= 15 is 0 Å². The van der Waals surface area contributed by atoms with Gasteiger partial charge in [-0.1, -0.05) is 0 Å². The zero-order valence-electron chi connectivity index (χ0n) is 12.3. The molecule has 1 aromatic carbocycles. The molecule has 2 aromatic heterocycles. The number of fused-ring (bicyclic) bond motifs is 1. The first-order chi connectivity index (χ1) is 11.2. The van der Waals surface area contributed by atoms with E-state index in [2.05, 4.69) is 16.0 Å². The molecule has 0 amide bonds. The average molecular weight is 370 g/mol. The molecule has 0 aliphatic carbocycles. The molecule has 0 aliphatic heterocycles. The SMILES string of the molecule is N#Cc1cn(CCCN)c2nc([As]c3cccc(F)c3)ncc12. The summed E-state index contributed by atoms with van der Waals surface area (Å²) in [4.78, 5) is 8.95. The fourth-order valence-corrected chi connectivity index (χ4v) is 4.06. The van der Waals surface area contributed by atoms with Crippen molar-refractivity contribution in [2.24, 2.45) is 5.73 Å². The molecule has 115 valence electrons. The van der Waals surface area contributed by atoms with Crippen molar-refractivity contribution in [3.8, 4) is 6.07 Å². The van der Waals surface area contributed by atoms with Gasteiger partial charge in [-0.25, -0.2) is 0 Å². The third-order valence-corrected chi connectivity index (χ3v) is 5.36. The molecule has 5 nitrogen and oxygen atoms in total. The van der Waals surface area contributed by atoms with Crippen LogP contribution in [0.3, 0.4) is 0 Å². The monoisotopic (exact) mass is 370 g/mol. The second-order valence-electron chi connectivity index (χ2n) is 4.99. The van der Waals surface area contributed by atoms with Gasteiger partial charge in [-0.3, -0.25) is 0 Å². The van der Waals surface area contributed by atoms with Crippen LogP contribution in [-0.4, -0.2) is 36.8 Å². The van der Waals surface area contributed by atoms with Crippen LogP contribution in [0.1, 0.15) is 12.0 Å². The van der Waals surface area contributed by atoms with Gasteiger partial charge in [0.25, 0.3) is 0 Å². The minimum atomic E-state index is -0.504. The summed E-state index contributed by atoms with van der Waals surface area (Å²) in [5.74, 6) is -0.253. The van der Waals surface area contributed by atoms with E-state index in [0.29, 0.717) is 23.3 Å². The van der Waals surface area contributed by atoms with Gasteiger partial charge in [0.15, 0.2) is 0 Å². The van der Waals surface area contributed by atoms with Crippen molar-refractivity contribution in [3.05, 3.63) is 48.0 Å². The summed E-state index contributed by atoms with van der Waals surface area (Å²) in [6, 6.07) is 8.68. The molecule has 23 heavy (non-hydrogen) atoms. The molecule has 2 heterocycles. The summed E-state index contributed by atoms with van der Waals surface area (Å²) in [6.07, 6.45) is 4.28. The normalized spacial score (nSPS) is 11.3. The molecule has 0 unspecified atom stereocenters. The van der Waals surface area contributed by atoms with Crippen LogP contribution in [0.25, 0.3) is 11.0 Å². The Morgan fingerprint density at radius 2 is 2.26 bits per heavy atom. The minimum absolute atomic E-state index is 0.253. The number of hydrogen-bond acceptors (Lipinski definition) is 4. The van der Waals surface area contributed by atoms with E-state index in [-0.39, 0.29) is 5.82 Å². The molecular weight excluding hydrogens is 356 g/mol. The summed E-state index contributed by atoms with van der Waals surface area (Å²) >= 11 is -0.504. The Hall–Kier alpha value is -2.22. The van der Waals surface area contributed by atoms with Gasteiger partial charge in [-0.2, -0.15) is 0 Å². The zero-order chi connectivity index (χ0) is 16.2. The van der Waals surface area contributed by atoms with Crippen LogP contribution in [0.15, 0.2) is 36.7 Å². The van der Waals surface area contributed by atoms with Gasteiger partial charge in [0.2, 0.25) is 0 Å². The summed E-state index contributed by atoms with van der Waals surface area (Å²) in [7, 11) is 0. The fraction of sp³-hybridized carbons (Fsp3) is 0.188. The van der Waals surface area contributed by atoms with Crippen LogP contribution < -0.4 is 14.7 Å². The molecule has 7 heteroatoms. The van der Waals surface area contributed by atoms with Crippen LogP contribution in [0.2, 0.25) is 0 Å². The second kappa shape index (κ2) is 6.91. The van der Waals surface area contributed by atoms with Crippen LogP contribution in [0.5, 0.6) is 0 Å². The Morgan fingerprint density at radius 3 is 3.00 bits per heavy atom. The van der Waals surface area contributed by atoms with E-state index in [1.54, 1.807) is 18.5 Å². The predicted octanol–water partition coefficient (Wildman–Crippen LogP) is 0.446. The van der Waals surface area contributed by atoms with Gasteiger partial charge in [-0.15, -0.1) is 0 Å². The zero-order valence-corrected chi connectivity index (χ0v) is 14.2. The quantitative estimate of drug-likeness (QED) is 0.662. The fourth-order valence-electron chi connectivity index (χ4n) is 2.30. The molecule has 0 atom stereocenters. The van der Waals surface area contributed by atoms with E-state index in [1.165, 1.54) is 12.1 Å². The molecule has 0 bridgehead atoms. The number of aryl methyl sites for hydroxylation is 1. The van der Waals surface area contributed by atoms with Crippen molar-refractivity contribution in [2.75, 3.05) is 6.54 Å². The number of rotatable bonds is 5. The Kier molecular flexibility index (Phi) is 4.70. The Bertz CT molecular complexity index is 884. The van der Waals surface area contributed by atoms with E-state index in [4.69, 9.17) is 5.73 Å². The number of benzene rings is 1. The predicted molar refractivity (Wildman–Crippen MR) is 87.3 cm³/mol. The van der Waals surface area contributed by atoms with Gasteiger partial charge in [0, 0.05) is 0 Å². The van der Waals surface area contributed by atoms with Crippen LogP contribution in [-0.2, 0) is 6.54 Å². The molecular formula is C16H14AsFN5. The van der Waals surface area contributed by atoms with Crippen molar-refractivity contribution in [1.29, 1.82) is 5.26 Å². The average Bonchev–Trinajstić information content (AvgIpc) is 2.90. The number of aromatic nitrogens is 3. The van der Waals surface area contributed by atoms with Crippen LogP contribution in [0, 0.1) is 17.1 Å². The van der Waals surface area contributed by atoms with E-state index < -0.39 is 15.8 Å². The van der Waals surface area contributed by atoms with Crippen molar-refractivity contribution >= 4 is 35.7 Å². The molecule has 3 rings (SSSR count). The van der Waals surface area contributed by atoms with Gasteiger partial charge in [0.05, 0.1) is 0 Å². The third kappa shape index (κ3) is 3.42. The maximum absolute atomic E-state index is 13.3. The van der Waals surface area contributed by atoms with E-state index in [9.17, 15) is 9.65 Å². The topological polar surface area (TPSA) is 80.5 Å². The summed E-state index contributed by atoms with van der Waals surface area (Å²) < 4.78 is 16.8. The molecule has 0 saturated heterocycles. The molecule has 1 radical (unpaired) electrons. The van der Waals surface area contributed by atoms with Crippen molar-refractivity contribution in [2.45, 2.75) is 13.0 Å². The first kappa shape index (κ1) is 15.7. The molecule has 0 aliphatic rings. The standard InChI is InChI=1S/C16H14AsFN5/c18-13-4-1-3-12(7-13)17-16-21-9-14-11(8-20)10-23(6-2-5-19)15(14)22-16/h1,3-4,7,9-10H,2,5-6,19H2. The molecule has 0 spiro atoms. The van der Waals surface area contributed by atoms with Gasteiger partial charge in [-0.05, 0) is 0 Å². The van der Waals surface area contributed by atoms with Crippen molar-refractivity contribution < 1.29 is 4.39 Å². The first-order valence-corrected chi connectivity index (χ1v) is 9.02.